The van der Waals surface area contributed by atoms with E-state index in [2.05, 4.69) is 19.6 Å². The first-order valence-corrected chi connectivity index (χ1v) is 8.23. The van der Waals surface area contributed by atoms with Crippen molar-refractivity contribution in [1.82, 2.24) is 10.2 Å². The van der Waals surface area contributed by atoms with Crippen molar-refractivity contribution in [3.8, 4) is 11.5 Å². The minimum Gasteiger partial charge on any atom is -0.413 e. The third kappa shape index (κ3) is 3.13. The number of carbonyl (C=O) groups is 1. The van der Waals surface area contributed by atoms with Crippen LogP contribution in [0.5, 0.6) is 0 Å². The van der Waals surface area contributed by atoms with E-state index in [1.807, 2.05) is 0 Å². The number of aromatic nitrogens is 2. The predicted molar refractivity (Wildman–Crippen MR) is 92.5 cm³/mol. The highest BCUT2D eigenvalue weighted by molar-refractivity contribution is 6.36. The molecule has 0 N–H and O–H groups in total. The van der Waals surface area contributed by atoms with E-state index in [0.717, 1.165) is 0 Å². The maximum absolute atomic E-state index is 12.6. The highest BCUT2D eigenvalue weighted by atomic mass is 35.5. The molecule has 4 rings (SSSR count). The van der Waals surface area contributed by atoms with Crippen LogP contribution in [0, 0.1) is 6.92 Å². The summed E-state index contributed by atoms with van der Waals surface area (Å²) in [6, 6.07) is 9.47. The number of hydrogen-bond donors (Lipinski definition) is 0. The summed E-state index contributed by atoms with van der Waals surface area (Å²) in [5.41, 5.74) is 2.06. The topological polar surface area (TPSA) is 77.6 Å². The molecule has 6 nitrogen and oxygen atoms in total. The number of aliphatic imine (C=N–C) groups is 1. The van der Waals surface area contributed by atoms with Gasteiger partial charge in [0.25, 0.3) is 0 Å². The summed E-state index contributed by atoms with van der Waals surface area (Å²) in [6.07, 6.45) is -4.72. The van der Waals surface area contributed by atoms with Gasteiger partial charge in [-0.3, -0.25) is 0 Å². The summed E-state index contributed by atoms with van der Waals surface area (Å²) in [6.45, 7) is 1.69. The number of halogens is 4. The zero-order valence-electron chi connectivity index (χ0n) is 14.0. The number of rotatable bonds is 2. The predicted octanol–water partition coefficient (Wildman–Crippen LogP) is 4.97. The Kier molecular flexibility index (Phi) is 4.19. The summed E-state index contributed by atoms with van der Waals surface area (Å²) in [5, 5.41) is 6.68. The quantitative estimate of drug-likeness (QED) is 0.561. The van der Waals surface area contributed by atoms with Crippen LogP contribution in [0.3, 0.4) is 0 Å². The van der Waals surface area contributed by atoms with Crippen molar-refractivity contribution < 1.29 is 27.1 Å². The van der Waals surface area contributed by atoms with Crippen molar-refractivity contribution in [2.24, 2.45) is 4.99 Å². The average Bonchev–Trinajstić information content (AvgIpc) is 3.23. The Morgan fingerprint density at radius 3 is 2.61 bits per heavy atom. The molecule has 0 spiro atoms. The van der Waals surface area contributed by atoms with Gasteiger partial charge < -0.3 is 9.15 Å². The second-order valence-electron chi connectivity index (χ2n) is 5.88. The lowest BCUT2D eigenvalue weighted by atomic mass is 10.1. The Hall–Kier alpha value is -3.20. The standard InChI is InChI=1S/C18H9ClF3N3O3/c1-8-7-9(14-24-25-17(28-14)18(20,21)22)5-6-12(8)23-15-10-3-2-4-11(19)13(10)16(26)27-15/h2-7H,1H3. The molecule has 1 aliphatic heterocycles. The fourth-order valence-electron chi connectivity index (χ4n) is 2.66. The van der Waals surface area contributed by atoms with Crippen molar-refractivity contribution >= 4 is 29.2 Å². The van der Waals surface area contributed by atoms with E-state index in [-0.39, 0.29) is 22.4 Å². The molecule has 1 aliphatic rings. The SMILES string of the molecule is Cc1cc(-c2nnc(C(F)(F)F)o2)ccc1N=C1OC(=O)c2c(Cl)cccc21. The molecule has 0 amide bonds. The molecular formula is C18H9ClF3N3O3. The second-order valence-corrected chi connectivity index (χ2v) is 6.29. The van der Waals surface area contributed by atoms with E-state index >= 15 is 0 Å². The molecule has 0 fully saturated rings. The van der Waals surface area contributed by atoms with Gasteiger partial charge in [0.1, 0.15) is 0 Å². The molecule has 0 unspecified atom stereocenters. The number of cyclic esters (lactones) is 1. The molecular weight excluding hydrogens is 399 g/mol. The number of hydrogen-bond acceptors (Lipinski definition) is 6. The first-order valence-electron chi connectivity index (χ1n) is 7.85. The van der Waals surface area contributed by atoms with Crippen LogP contribution < -0.4 is 0 Å². The van der Waals surface area contributed by atoms with Crippen molar-refractivity contribution in [3.05, 3.63) is 64.0 Å². The highest BCUT2D eigenvalue weighted by Crippen LogP contribution is 2.33. The molecule has 0 bridgehead atoms. The summed E-state index contributed by atoms with van der Waals surface area (Å²) in [7, 11) is 0. The summed E-state index contributed by atoms with van der Waals surface area (Å²) in [5.74, 6) is -2.19. The van der Waals surface area contributed by atoms with E-state index < -0.39 is 18.0 Å². The molecule has 1 aromatic heterocycles. The number of benzene rings is 2. The van der Waals surface area contributed by atoms with E-state index in [4.69, 9.17) is 16.3 Å². The van der Waals surface area contributed by atoms with Crippen LogP contribution in [0.15, 0.2) is 45.8 Å². The van der Waals surface area contributed by atoms with Gasteiger partial charge in [0, 0.05) is 5.56 Å². The smallest absolute Gasteiger partial charge is 0.413 e. The highest BCUT2D eigenvalue weighted by Gasteiger charge is 2.38. The average molecular weight is 408 g/mol. The molecule has 0 aliphatic carbocycles. The lowest BCUT2D eigenvalue weighted by Crippen LogP contribution is -2.04. The Morgan fingerprint density at radius 2 is 1.93 bits per heavy atom. The number of nitrogens with zero attached hydrogens (tertiary/aromatic N) is 3. The summed E-state index contributed by atoms with van der Waals surface area (Å²) in [4.78, 5) is 16.3. The lowest BCUT2D eigenvalue weighted by Gasteiger charge is -2.04. The molecule has 0 atom stereocenters. The van der Waals surface area contributed by atoms with Crippen molar-refractivity contribution in [1.29, 1.82) is 0 Å². The van der Waals surface area contributed by atoms with Gasteiger partial charge in [-0.25, -0.2) is 9.79 Å². The van der Waals surface area contributed by atoms with E-state index in [0.29, 0.717) is 22.4 Å². The van der Waals surface area contributed by atoms with Gasteiger partial charge in [-0.2, -0.15) is 13.2 Å². The zero-order valence-corrected chi connectivity index (χ0v) is 14.8. The van der Waals surface area contributed by atoms with E-state index in [9.17, 15) is 18.0 Å². The van der Waals surface area contributed by atoms with Crippen LogP contribution in [0.25, 0.3) is 11.5 Å². The number of ether oxygens (including phenoxy) is 1. The maximum atomic E-state index is 12.6. The van der Waals surface area contributed by atoms with Gasteiger partial charge in [-0.15, -0.1) is 10.2 Å². The minimum absolute atomic E-state index is 0.0931. The van der Waals surface area contributed by atoms with Crippen LogP contribution in [0.4, 0.5) is 18.9 Å². The summed E-state index contributed by atoms with van der Waals surface area (Å²) >= 11 is 6.03. The third-order valence-electron chi connectivity index (χ3n) is 3.97. The molecule has 28 heavy (non-hydrogen) atoms. The van der Waals surface area contributed by atoms with Gasteiger partial charge in [0.2, 0.25) is 11.8 Å². The number of alkyl halides is 3. The van der Waals surface area contributed by atoms with E-state index in [1.54, 1.807) is 37.3 Å². The Balaban J connectivity index is 1.69. The molecule has 0 radical (unpaired) electrons. The van der Waals surface area contributed by atoms with Crippen molar-refractivity contribution in [2.45, 2.75) is 13.1 Å². The molecule has 2 aromatic carbocycles. The molecule has 142 valence electrons. The number of esters is 1. The molecule has 3 aromatic rings. The van der Waals surface area contributed by atoms with Crippen molar-refractivity contribution in [3.63, 3.8) is 0 Å². The molecule has 0 saturated heterocycles. The van der Waals surface area contributed by atoms with Crippen LogP contribution in [-0.4, -0.2) is 22.1 Å². The lowest BCUT2D eigenvalue weighted by molar-refractivity contribution is -0.156. The van der Waals surface area contributed by atoms with Gasteiger partial charge in [-0.1, -0.05) is 17.7 Å². The Labute approximate surface area is 160 Å². The second kappa shape index (κ2) is 6.45. The van der Waals surface area contributed by atoms with Gasteiger partial charge in [0.05, 0.1) is 21.8 Å². The van der Waals surface area contributed by atoms with Crippen molar-refractivity contribution in [2.75, 3.05) is 0 Å². The first-order chi connectivity index (χ1) is 13.2. The molecule has 10 heteroatoms. The van der Waals surface area contributed by atoms with Crippen LogP contribution >= 0.6 is 11.6 Å². The zero-order chi connectivity index (χ0) is 20.1. The number of carbonyl (C=O) groups excluding carboxylic acids is 1. The van der Waals surface area contributed by atoms with Crippen LogP contribution in [-0.2, 0) is 10.9 Å². The third-order valence-corrected chi connectivity index (χ3v) is 4.29. The fourth-order valence-corrected chi connectivity index (χ4v) is 2.92. The minimum atomic E-state index is -4.72. The van der Waals surface area contributed by atoms with Gasteiger partial charge in [0.15, 0.2) is 0 Å². The van der Waals surface area contributed by atoms with Crippen LogP contribution in [0.1, 0.15) is 27.4 Å². The van der Waals surface area contributed by atoms with Gasteiger partial charge >= 0.3 is 18.0 Å². The van der Waals surface area contributed by atoms with Crippen LogP contribution in [0.2, 0.25) is 5.02 Å². The molecule has 2 heterocycles. The Bertz CT molecular complexity index is 1140. The molecule has 0 saturated carbocycles. The number of aryl methyl sites for hydroxylation is 1. The largest absolute Gasteiger partial charge is 0.470 e. The first kappa shape index (κ1) is 18.2. The van der Waals surface area contributed by atoms with Gasteiger partial charge in [-0.05, 0) is 42.8 Å². The fraction of sp³-hybridized carbons (Fsp3) is 0.111. The maximum Gasteiger partial charge on any atom is 0.470 e. The normalized spacial score (nSPS) is 15.0. The van der Waals surface area contributed by atoms with E-state index in [1.165, 1.54) is 6.07 Å². The Morgan fingerprint density at radius 1 is 1.14 bits per heavy atom. The monoisotopic (exact) mass is 407 g/mol. The summed E-state index contributed by atoms with van der Waals surface area (Å²) < 4.78 is 47.7. The number of fused-ring (bicyclic) bond motifs is 1.